The van der Waals surface area contributed by atoms with E-state index >= 15 is 0 Å². The van der Waals surface area contributed by atoms with Crippen LogP contribution in [0.3, 0.4) is 0 Å². The number of nitrogens with one attached hydrogen (secondary N) is 1. The number of rotatable bonds is 3. The Morgan fingerprint density at radius 1 is 1.50 bits per heavy atom. The zero-order valence-electron chi connectivity index (χ0n) is 10.5. The first-order valence-corrected chi connectivity index (χ1v) is 6.57. The summed E-state index contributed by atoms with van der Waals surface area (Å²) < 4.78 is 3.41. The minimum Gasteiger partial charge on any atom is -1.00 e. The summed E-state index contributed by atoms with van der Waals surface area (Å²) in [6.07, 6.45) is 5.25. The molecule has 20 heavy (non-hydrogen) atoms. The highest BCUT2D eigenvalue weighted by Gasteiger charge is 2.20. The highest BCUT2D eigenvalue weighted by Crippen LogP contribution is 2.08. The minimum atomic E-state index is -0.0665. The molecule has 0 aliphatic carbocycles. The minimum absolute atomic E-state index is 0. The van der Waals surface area contributed by atoms with Crippen LogP contribution in [0.2, 0.25) is 0 Å². The summed E-state index contributed by atoms with van der Waals surface area (Å²) >= 11 is 5.75. The lowest BCUT2D eigenvalue weighted by atomic mass is 10.4. The zero-order chi connectivity index (χ0) is 13.8. The van der Waals surface area contributed by atoms with Crippen LogP contribution in [0.5, 0.6) is 0 Å². The molecule has 2 heterocycles. The number of hydrogen-bond acceptors (Lipinski definition) is 4. The van der Waals surface area contributed by atoms with Gasteiger partial charge in [0.25, 0.3) is 0 Å². The van der Waals surface area contributed by atoms with Crippen LogP contribution in [-0.2, 0) is 7.05 Å². The molecule has 0 atom stereocenters. The van der Waals surface area contributed by atoms with Crippen molar-refractivity contribution < 1.29 is 28.5 Å². The summed E-state index contributed by atoms with van der Waals surface area (Å²) in [5, 5.41) is 3.96. The van der Waals surface area contributed by atoms with E-state index in [1.807, 2.05) is 35.2 Å². The van der Waals surface area contributed by atoms with Crippen molar-refractivity contribution >= 4 is 34.9 Å². The van der Waals surface area contributed by atoms with Gasteiger partial charge in [-0.3, -0.25) is 5.43 Å². The number of nitrogens with zero attached hydrogens (tertiary/aromatic N) is 3. The third-order valence-corrected chi connectivity index (χ3v) is 3.37. The molecule has 2 aromatic heterocycles. The van der Waals surface area contributed by atoms with Crippen LogP contribution < -0.4 is 44.6 Å². The quantitative estimate of drug-likeness (QED) is 0.181. The van der Waals surface area contributed by atoms with Crippen LogP contribution >= 0.6 is 23.6 Å². The number of aromatic nitrogens is 2. The second kappa shape index (κ2) is 7.45. The molecule has 0 bridgehead atoms. The third-order valence-electron chi connectivity index (χ3n) is 2.33. The summed E-state index contributed by atoms with van der Waals surface area (Å²) in [6.45, 7) is 0. The lowest BCUT2D eigenvalue weighted by Gasteiger charge is -1.98. The number of hydrazone groups is 1. The van der Waals surface area contributed by atoms with E-state index in [1.54, 1.807) is 11.6 Å². The SMILES string of the molecule is Cn1c(-[n+]2ccccc2)c(C=NNC(N)=S)sc1=O.[I-]. The lowest BCUT2D eigenvalue weighted by molar-refractivity contribution is -0.601. The van der Waals surface area contributed by atoms with Crippen molar-refractivity contribution in [3.05, 3.63) is 45.1 Å². The molecule has 3 N–H and O–H groups in total. The van der Waals surface area contributed by atoms with Crippen LogP contribution in [0.15, 0.2) is 40.5 Å². The molecule has 0 saturated carbocycles. The Labute approximate surface area is 142 Å². The Morgan fingerprint density at radius 2 is 2.15 bits per heavy atom. The number of hydrogen-bond donors (Lipinski definition) is 2. The molecule has 0 aliphatic heterocycles. The number of pyridine rings is 1. The number of thiazole rings is 1. The second-order valence-electron chi connectivity index (χ2n) is 3.63. The molecule has 0 spiro atoms. The highest BCUT2D eigenvalue weighted by molar-refractivity contribution is 7.80. The third kappa shape index (κ3) is 3.84. The Hall–Kier alpha value is -1.33. The van der Waals surface area contributed by atoms with Gasteiger partial charge in [0.2, 0.25) is 0 Å². The van der Waals surface area contributed by atoms with Gasteiger partial charge >= 0.3 is 10.7 Å². The fourth-order valence-electron chi connectivity index (χ4n) is 1.54. The molecule has 0 aromatic carbocycles. The van der Waals surface area contributed by atoms with E-state index in [9.17, 15) is 4.79 Å². The van der Waals surface area contributed by atoms with E-state index in [1.165, 1.54) is 6.21 Å². The van der Waals surface area contributed by atoms with Gasteiger partial charge in [-0.05, 0) is 35.7 Å². The molecule has 2 aromatic rings. The van der Waals surface area contributed by atoms with Gasteiger partial charge in [0.1, 0.15) is 4.88 Å². The van der Waals surface area contributed by atoms with E-state index < -0.39 is 0 Å². The molecule has 106 valence electrons. The molecule has 0 aliphatic rings. The van der Waals surface area contributed by atoms with Gasteiger partial charge in [0, 0.05) is 0 Å². The van der Waals surface area contributed by atoms with Gasteiger partial charge in [-0.2, -0.15) is 9.67 Å². The van der Waals surface area contributed by atoms with Gasteiger partial charge in [0.05, 0.1) is 25.7 Å². The zero-order valence-corrected chi connectivity index (χ0v) is 14.3. The van der Waals surface area contributed by atoms with Gasteiger partial charge < -0.3 is 29.7 Å². The average Bonchev–Trinajstić information content (AvgIpc) is 2.66. The number of nitrogens with two attached hydrogens (primary N) is 1. The first-order chi connectivity index (χ1) is 9.09. The molecular formula is C11H12IN5OS2. The Balaban J connectivity index is 0.00000200. The Bertz CT molecular complexity index is 680. The topological polar surface area (TPSA) is 76.3 Å². The molecule has 0 amide bonds. The van der Waals surface area contributed by atoms with Crippen molar-refractivity contribution in [1.29, 1.82) is 0 Å². The van der Waals surface area contributed by atoms with Crippen LogP contribution in [-0.4, -0.2) is 15.9 Å². The van der Waals surface area contributed by atoms with Crippen molar-refractivity contribution in [2.45, 2.75) is 0 Å². The predicted octanol–water partition coefficient (Wildman–Crippen LogP) is -3.11. The summed E-state index contributed by atoms with van der Waals surface area (Å²) in [6, 6.07) is 5.68. The Morgan fingerprint density at radius 3 is 2.75 bits per heavy atom. The van der Waals surface area contributed by atoms with Gasteiger partial charge in [-0.15, -0.1) is 0 Å². The largest absolute Gasteiger partial charge is 1.00 e. The van der Waals surface area contributed by atoms with Crippen molar-refractivity contribution in [3.63, 3.8) is 0 Å². The van der Waals surface area contributed by atoms with Crippen molar-refractivity contribution in [2.75, 3.05) is 0 Å². The first-order valence-electron chi connectivity index (χ1n) is 5.34. The maximum absolute atomic E-state index is 11.8. The molecule has 6 nitrogen and oxygen atoms in total. The maximum Gasteiger partial charge on any atom is 0.392 e. The summed E-state index contributed by atoms with van der Waals surface area (Å²) in [5.74, 6) is 0.740. The van der Waals surface area contributed by atoms with E-state index in [0.717, 1.165) is 17.2 Å². The van der Waals surface area contributed by atoms with Crippen LogP contribution in [0, 0.1) is 0 Å². The smallest absolute Gasteiger partial charge is 0.392 e. The number of halogens is 1. The number of thiocarbonyl (C=S) groups is 1. The average molecular weight is 421 g/mol. The molecule has 0 fully saturated rings. The summed E-state index contributed by atoms with van der Waals surface area (Å²) in [4.78, 5) is 12.4. The fraction of sp³-hybridized carbons (Fsp3) is 0.0909. The predicted molar refractivity (Wildman–Crippen MR) is 78.6 cm³/mol. The van der Waals surface area contributed by atoms with Gasteiger partial charge in [0.15, 0.2) is 5.11 Å². The highest BCUT2D eigenvalue weighted by atomic mass is 127. The standard InChI is InChI=1S/C11H11N5OS2.HI/c1-15-9(16-5-3-2-4-6-16)8(19-11(15)17)7-13-14-10(12)18;/h2-7H,1H3,(H2-,12,14,18);1H. The molecular weight excluding hydrogens is 409 g/mol. The first kappa shape index (κ1) is 16.7. The van der Waals surface area contributed by atoms with Crippen molar-refractivity contribution in [2.24, 2.45) is 17.9 Å². The second-order valence-corrected chi connectivity index (χ2v) is 5.06. The van der Waals surface area contributed by atoms with Gasteiger partial charge in [-0.1, -0.05) is 6.07 Å². The van der Waals surface area contributed by atoms with Crippen molar-refractivity contribution in [1.82, 2.24) is 9.99 Å². The monoisotopic (exact) mass is 421 g/mol. The molecule has 2 rings (SSSR count). The fourth-order valence-corrected chi connectivity index (χ4v) is 2.44. The van der Waals surface area contributed by atoms with E-state index in [-0.39, 0.29) is 34.0 Å². The van der Waals surface area contributed by atoms with Crippen LogP contribution in [0.4, 0.5) is 0 Å². The molecule has 9 heteroatoms. The van der Waals surface area contributed by atoms with E-state index in [4.69, 9.17) is 5.73 Å². The molecule has 0 saturated heterocycles. The lowest BCUT2D eigenvalue weighted by Crippen LogP contribution is -3.00. The maximum atomic E-state index is 11.8. The van der Waals surface area contributed by atoms with Gasteiger partial charge in [-0.25, -0.2) is 9.36 Å². The van der Waals surface area contributed by atoms with E-state index in [0.29, 0.717) is 4.88 Å². The van der Waals surface area contributed by atoms with E-state index in [2.05, 4.69) is 22.7 Å². The molecule has 0 radical (unpaired) electrons. The Kier molecular flexibility index (Phi) is 6.23. The van der Waals surface area contributed by atoms with Crippen LogP contribution in [0.1, 0.15) is 4.88 Å². The summed E-state index contributed by atoms with van der Waals surface area (Å²) in [7, 11) is 1.71. The van der Waals surface area contributed by atoms with Crippen molar-refractivity contribution in [3.8, 4) is 5.82 Å². The summed E-state index contributed by atoms with van der Waals surface area (Å²) in [5.41, 5.74) is 7.74. The van der Waals surface area contributed by atoms with Crippen LogP contribution in [0.25, 0.3) is 5.82 Å². The normalized spacial score (nSPS) is 10.2. The molecule has 0 unspecified atom stereocenters.